The van der Waals surface area contributed by atoms with Gasteiger partial charge in [-0.2, -0.15) is 0 Å². The van der Waals surface area contributed by atoms with E-state index in [0.29, 0.717) is 23.0 Å². The van der Waals surface area contributed by atoms with Gasteiger partial charge in [0.2, 0.25) is 18.2 Å². The molecule has 1 rings (SSSR count). The summed E-state index contributed by atoms with van der Waals surface area (Å²) in [6, 6.07) is -1.47. The van der Waals surface area contributed by atoms with Crippen molar-refractivity contribution >= 4 is 34.7 Å². The zero-order valence-electron chi connectivity index (χ0n) is 17.4. The Bertz CT molecular complexity index is 643. The predicted molar refractivity (Wildman–Crippen MR) is 109 cm³/mol. The van der Waals surface area contributed by atoms with E-state index in [1.54, 1.807) is 18.5 Å². The maximum Gasteiger partial charge on any atom is 0.248 e. The molecule has 3 amide bonds. The Balaban J connectivity index is 3.00. The molecule has 3 N–H and O–H groups in total. The van der Waals surface area contributed by atoms with Crippen LogP contribution in [0.25, 0.3) is 0 Å². The molecule has 9 heteroatoms. The highest BCUT2D eigenvalue weighted by Crippen LogP contribution is 2.24. The van der Waals surface area contributed by atoms with Crippen LogP contribution in [-0.4, -0.2) is 45.6 Å². The molecule has 0 spiro atoms. The normalized spacial score (nSPS) is 14.9. The number of hydrogen-bond donors (Lipinski definition) is 3. The quantitative estimate of drug-likeness (QED) is 0.311. The van der Waals surface area contributed by atoms with Gasteiger partial charge in [0.1, 0.15) is 6.04 Å². The summed E-state index contributed by atoms with van der Waals surface area (Å²) in [5.41, 5.74) is -0.205. The number of thiazole rings is 1. The van der Waals surface area contributed by atoms with E-state index in [-0.39, 0.29) is 29.6 Å². The Kier molecular flexibility index (Phi) is 9.03. The molecule has 1 aromatic heterocycles. The molecular formula is C19H32N4O4S. The average Bonchev–Trinajstić information content (AvgIpc) is 3.09. The van der Waals surface area contributed by atoms with Gasteiger partial charge in [-0.3, -0.25) is 19.6 Å². The minimum atomic E-state index is -0.762. The smallest absolute Gasteiger partial charge is 0.248 e. The lowest BCUT2D eigenvalue weighted by atomic mass is 9.86. The molecule has 8 nitrogen and oxygen atoms in total. The average molecular weight is 413 g/mol. The van der Waals surface area contributed by atoms with E-state index in [1.807, 2.05) is 34.6 Å². The lowest BCUT2D eigenvalue weighted by molar-refractivity contribution is -0.166. The minimum absolute atomic E-state index is 0.170. The van der Waals surface area contributed by atoms with Crippen molar-refractivity contribution in [1.82, 2.24) is 15.4 Å². The van der Waals surface area contributed by atoms with Gasteiger partial charge in [0.25, 0.3) is 0 Å². The summed E-state index contributed by atoms with van der Waals surface area (Å²) < 4.78 is 0. The Morgan fingerprint density at radius 2 is 1.93 bits per heavy atom. The number of hydrogen-bond acceptors (Lipinski definition) is 6. The Morgan fingerprint density at radius 1 is 1.29 bits per heavy atom. The van der Waals surface area contributed by atoms with E-state index < -0.39 is 18.0 Å². The van der Waals surface area contributed by atoms with Gasteiger partial charge < -0.3 is 10.6 Å². The number of hydroxylamine groups is 2. The van der Waals surface area contributed by atoms with E-state index >= 15 is 0 Å². The number of rotatable bonds is 10. The van der Waals surface area contributed by atoms with Crippen LogP contribution in [0.3, 0.4) is 0 Å². The topological polar surface area (TPSA) is 112 Å². The summed E-state index contributed by atoms with van der Waals surface area (Å²) in [6.45, 7) is 11.5. The maximum atomic E-state index is 13.0. The van der Waals surface area contributed by atoms with Gasteiger partial charge in [-0.15, -0.1) is 11.3 Å². The third kappa shape index (κ3) is 7.93. The van der Waals surface area contributed by atoms with Crippen LogP contribution in [-0.2, 0) is 14.4 Å². The highest BCUT2D eigenvalue weighted by Gasteiger charge is 2.34. The first-order valence-electron chi connectivity index (χ1n) is 9.38. The molecule has 0 bridgehead atoms. The fourth-order valence-electron chi connectivity index (χ4n) is 2.89. The molecule has 0 saturated heterocycles. The molecule has 3 atom stereocenters. The summed E-state index contributed by atoms with van der Waals surface area (Å²) in [5, 5.41) is 18.0. The number of carbonyl (C=O) groups excluding carboxylic acids is 3. The van der Waals surface area contributed by atoms with Gasteiger partial charge in [-0.05, 0) is 31.1 Å². The molecule has 1 heterocycles. The SMILES string of the molecule is CC(C)C[C@@H](C(=O)N[C@@H](CC(C)(C)C)C(=O)Nc1nccs1)[C@H](C)N(O)C=O. The lowest BCUT2D eigenvalue weighted by Gasteiger charge is -2.31. The van der Waals surface area contributed by atoms with Crippen LogP contribution in [0.4, 0.5) is 5.13 Å². The number of nitrogens with one attached hydrogen (secondary N) is 2. The number of carbonyl (C=O) groups is 3. The Morgan fingerprint density at radius 3 is 2.39 bits per heavy atom. The van der Waals surface area contributed by atoms with Crippen LogP contribution in [0.1, 0.15) is 54.4 Å². The van der Waals surface area contributed by atoms with Gasteiger partial charge in [0, 0.05) is 11.6 Å². The Hall–Kier alpha value is -2.00. The largest absolute Gasteiger partial charge is 0.344 e. The summed E-state index contributed by atoms with van der Waals surface area (Å²) >= 11 is 1.30. The molecule has 0 unspecified atom stereocenters. The molecule has 0 aliphatic heterocycles. The second kappa shape index (κ2) is 10.5. The van der Waals surface area contributed by atoms with Crippen molar-refractivity contribution in [3.63, 3.8) is 0 Å². The lowest BCUT2D eigenvalue weighted by Crippen LogP contribution is -2.51. The number of amides is 3. The summed E-state index contributed by atoms with van der Waals surface area (Å²) in [7, 11) is 0. The molecular weight excluding hydrogens is 380 g/mol. The molecule has 0 fully saturated rings. The molecule has 0 aliphatic carbocycles. The molecule has 0 radical (unpaired) electrons. The first-order chi connectivity index (χ1) is 12.9. The molecule has 158 valence electrons. The van der Waals surface area contributed by atoms with Crippen LogP contribution in [0.5, 0.6) is 0 Å². The van der Waals surface area contributed by atoms with Crippen molar-refractivity contribution in [3.05, 3.63) is 11.6 Å². The number of anilines is 1. The van der Waals surface area contributed by atoms with Crippen molar-refractivity contribution < 1.29 is 19.6 Å². The van der Waals surface area contributed by atoms with Crippen LogP contribution >= 0.6 is 11.3 Å². The third-order valence-corrected chi connectivity index (χ3v) is 4.97. The van der Waals surface area contributed by atoms with Crippen LogP contribution in [0.2, 0.25) is 0 Å². The summed E-state index contributed by atoms with van der Waals surface area (Å²) in [5.74, 6) is -1.19. The first-order valence-corrected chi connectivity index (χ1v) is 10.3. The van der Waals surface area contributed by atoms with Gasteiger partial charge in [0.15, 0.2) is 5.13 Å². The zero-order chi connectivity index (χ0) is 21.5. The fourth-order valence-corrected chi connectivity index (χ4v) is 3.42. The minimum Gasteiger partial charge on any atom is -0.344 e. The molecule has 0 saturated carbocycles. The fraction of sp³-hybridized carbons (Fsp3) is 0.684. The van der Waals surface area contributed by atoms with Crippen LogP contribution < -0.4 is 10.6 Å². The number of nitrogens with zero attached hydrogens (tertiary/aromatic N) is 2. The highest BCUT2D eigenvalue weighted by molar-refractivity contribution is 7.13. The van der Waals surface area contributed by atoms with E-state index in [0.717, 1.165) is 0 Å². The second-order valence-electron chi connectivity index (χ2n) is 8.61. The second-order valence-corrected chi connectivity index (χ2v) is 9.51. The van der Waals surface area contributed by atoms with Crippen molar-refractivity contribution in [2.45, 2.75) is 66.5 Å². The molecule has 0 aromatic carbocycles. The van der Waals surface area contributed by atoms with E-state index in [4.69, 9.17) is 0 Å². The molecule has 0 aliphatic rings. The van der Waals surface area contributed by atoms with Gasteiger partial charge in [-0.1, -0.05) is 34.6 Å². The van der Waals surface area contributed by atoms with Gasteiger partial charge in [-0.25, -0.2) is 10.0 Å². The monoisotopic (exact) mass is 412 g/mol. The van der Waals surface area contributed by atoms with Crippen molar-refractivity contribution in [2.24, 2.45) is 17.3 Å². The van der Waals surface area contributed by atoms with E-state index in [2.05, 4.69) is 15.6 Å². The van der Waals surface area contributed by atoms with Crippen molar-refractivity contribution in [2.75, 3.05) is 5.32 Å². The van der Waals surface area contributed by atoms with Gasteiger partial charge >= 0.3 is 0 Å². The first kappa shape index (κ1) is 24.0. The third-order valence-electron chi connectivity index (χ3n) is 4.28. The standard InChI is InChI=1S/C19H32N4O4S/c1-12(2)9-14(13(3)23(27)11-24)16(25)21-15(10-19(4,5)6)17(26)22-18-20-7-8-28-18/h7-8,11-15,27H,9-10H2,1-6H3,(H,21,25)(H,20,22,26)/t13-,14+,15-/m0/s1. The van der Waals surface area contributed by atoms with E-state index in [1.165, 1.54) is 11.3 Å². The Labute approximate surface area is 170 Å². The van der Waals surface area contributed by atoms with Crippen LogP contribution in [0, 0.1) is 17.3 Å². The van der Waals surface area contributed by atoms with Crippen molar-refractivity contribution in [3.8, 4) is 0 Å². The predicted octanol–water partition coefficient (Wildman–Crippen LogP) is 2.90. The summed E-state index contributed by atoms with van der Waals surface area (Å²) in [6.07, 6.45) is 2.77. The zero-order valence-corrected chi connectivity index (χ0v) is 18.2. The van der Waals surface area contributed by atoms with E-state index in [9.17, 15) is 19.6 Å². The number of aromatic nitrogens is 1. The maximum absolute atomic E-state index is 13.0. The highest BCUT2D eigenvalue weighted by atomic mass is 32.1. The van der Waals surface area contributed by atoms with Crippen LogP contribution in [0.15, 0.2) is 11.6 Å². The summed E-state index contributed by atoms with van der Waals surface area (Å²) in [4.78, 5) is 40.7. The molecule has 28 heavy (non-hydrogen) atoms. The van der Waals surface area contributed by atoms with Crippen molar-refractivity contribution in [1.29, 1.82) is 0 Å². The van der Waals surface area contributed by atoms with Gasteiger partial charge in [0.05, 0.1) is 12.0 Å². The molecule has 1 aromatic rings.